The van der Waals surface area contributed by atoms with Crippen molar-refractivity contribution in [1.82, 2.24) is 9.88 Å². The molecule has 2 rings (SSSR count). The third-order valence-electron chi connectivity index (χ3n) is 3.64. The lowest BCUT2D eigenvalue weighted by Gasteiger charge is -2.38. The largest absolute Gasteiger partial charge is 0.329 e. The number of thiazole rings is 1. The van der Waals surface area contributed by atoms with Gasteiger partial charge < -0.3 is 5.73 Å². The molecule has 90 valence electrons. The Morgan fingerprint density at radius 3 is 3.12 bits per heavy atom. The van der Waals surface area contributed by atoms with E-state index in [-0.39, 0.29) is 0 Å². The Hall–Kier alpha value is -0.450. The van der Waals surface area contributed by atoms with Crippen molar-refractivity contribution in [3.63, 3.8) is 0 Å². The quantitative estimate of drug-likeness (QED) is 0.875. The highest BCUT2D eigenvalue weighted by Gasteiger charge is 2.26. The average Bonchev–Trinajstić information content (AvgIpc) is 2.82. The van der Waals surface area contributed by atoms with Gasteiger partial charge in [0, 0.05) is 30.2 Å². The Morgan fingerprint density at radius 1 is 1.62 bits per heavy atom. The highest BCUT2D eigenvalue weighted by molar-refractivity contribution is 7.09. The Morgan fingerprint density at radius 2 is 2.50 bits per heavy atom. The summed E-state index contributed by atoms with van der Waals surface area (Å²) in [5.41, 5.74) is 7.79. The zero-order valence-corrected chi connectivity index (χ0v) is 10.7. The van der Waals surface area contributed by atoms with Gasteiger partial charge in [-0.05, 0) is 25.3 Å². The van der Waals surface area contributed by atoms with Crippen molar-refractivity contribution in [2.75, 3.05) is 13.1 Å². The minimum absolute atomic E-state index is 0.570. The topological polar surface area (TPSA) is 42.2 Å². The Kier molecular flexibility index (Phi) is 4.32. The molecule has 2 heterocycles. The van der Waals surface area contributed by atoms with Crippen molar-refractivity contribution in [1.29, 1.82) is 0 Å². The fourth-order valence-electron chi connectivity index (χ4n) is 2.53. The van der Waals surface area contributed by atoms with E-state index in [1.807, 2.05) is 11.7 Å². The molecule has 1 fully saturated rings. The normalized spacial score (nSPS) is 27.1. The molecule has 0 amide bonds. The van der Waals surface area contributed by atoms with Gasteiger partial charge in [-0.15, -0.1) is 11.3 Å². The SMILES string of the molecule is CCC1CCN(Cc2cncs2)C(CN)C1. The molecule has 16 heavy (non-hydrogen) atoms. The number of aromatic nitrogens is 1. The van der Waals surface area contributed by atoms with E-state index in [2.05, 4.69) is 16.8 Å². The predicted molar refractivity (Wildman–Crippen MR) is 68.4 cm³/mol. The van der Waals surface area contributed by atoms with Crippen molar-refractivity contribution < 1.29 is 0 Å². The monoisotopic (exact) mass is 239 g/mol. The maximum Gasteiger partial charge on any atom is 0.0794 e. The highest BCUT2D eigenvalue weighted by atomic mass is 32.1. The van der Waals surface area contributed by atoms with Crippen molar-refractivity contribution in [2.24, 2.45) is 11.7 Å². The first kappa shape index (κ1) is 12.0. The molecular formula is C12H21N3S. The van der Waals surface area contributed by atoms with Gasteiger partial charge in [0.15, 0.2) is 0 Å². The summed E-state index contributed by atoms with van der Waals surface area (Å²) < 4.78 is 0. The van der Waals surface area contributed by atoms with E-state index in [1.54, 1.807) is 11.3 Å². The van der Waals surface area contributed by atoms with Crippen LogP contribution in [0.1, 0.15) is 31.1 Å². The van der Waals surface area contributed by atoms with Crippen LogP contribution in [0.5, 0.6) is 0 Å². The second-order valence-electron chi connectivity index (χ2n) is 4.63. The van der Waals surface area contributed by atoms with Crippen LogP contribution in [0.25, 0.3) is 0 Å². The van der Waals surface area contributed by atoms with E-state index in [9.17, 15) is 0 Å². The highest BCUT2D eigenvalue weighted by Crippen LogP contribution is 2.26. The average molecular weight is 239 g/mol. The molecule has 1 aromatic heterocycles. The maximum absolute atomic E-state index is 5.89. The molecule has 1 aromatic rings. The van der Waals surface area contributed by atoms with Gasteiger partial charge >= 0.3 is 0 Å². The molecule has 0 aromatic carbocycles. The summed E-state index contributed by atoms with van der Waals surface area (Å²) in [6.07, 6.45) is 5.87. The third kappa shape index (κ3) is 2.81. The molecule has 0 bridgehead atoms. The number of hydrogen-bond acceptors (Lipinski definition) is 4. The van der Waals surface area contributed by atoms with E-state index in [4.69, 9.17) is 5.73 Å². The summed E-state index contributed by atoms with van der Waals surface area (Å²) in [7, 11) is 0. The van der Waals surface area contributed by atoms with E-state index < -0.39 is 0 Å². The molecule has 1 aliphatic heterocycles. The molecular weight excluding hydrogens is 218 g/mol. The summed E-state index contributed by atoms with van der Waals surface area (Å²) in [6, 6.07) is 0.570. The summed E-state index contributed by atoms with van der Waals surface area (Å²) in [4.78, 5) is 8.01. The van der Waals surface area contributed by atoms with Crippen LogP contribution in [-0.4, -0.2) is 29.0 Å². The number of piperidine rings is 1. The Bertz CT molecular complexity index is 299. The summed E-state index contributed by atoms with van der Waals surface area (Å²) >= 11 is 1.74. The Labute approximate surface area is 102 Å². The zero-order chi connectivity index (χ0) is 11.4. The first-order valence-electron chi connectivity index (χ1n) is 6.15. The molecule has 3 nitrogen and oxygen atoms in total. The molecule has 0 aliphatic carbocycles. The van der Waals surface area contributed by atoms with Gasteiger partial charge in [0.25, 0.3) is 0 Å². The van der Waals surface area contributed by atoms with Crippen molar-refractivity contribution >= 4 is 11.3 Å². The van der Waals surface area contributed by atoms with Gasteiger partial charge in [-0.3, -0.25) is 9.88 Å². The maximum atomic E-state index is 5.89. The first-order valence-corrected chi connectivity index (χ1v) is 7.03. The molecule has 4 heteroatoms. The van der Waals surface area contributed by atoms with Crippen LogP contribution in [0.15, 0.2) is 11.7 Å². The zero-order valence-electron chi connectivity index (χ0n) is 9.93. The van der Waals surface area contributed by atoms with Gasteiger partial charge in [-0.2, -0.15) is 0 Å². The minimum atomic E-state index is 0.570. The lowest BCUT2D eigenvalue weighted by Crippen LogP contribution is -2.45. The minimum Gasteiger partial charge on any atom is -0.329 e. The van der Waals surface area contributed by atoms with E-state index in [0.717, 1.165) is 19.0 Å². The number of rotatable bonds is 4. The van der Waals surface area contributed by atoms with Crippen LogP contribution < -0.4 is 5.73 Å². The van der Waals surface area contributed by atoms with Crippen molar-refractivity contribution in [2.45, 2.75) is 38.8 Å². The van der Waals surface area contributed by atoms with Crippen LogP contribution in [-0.2, 0) is 6.54 Å². The summed E-state index contributed by atoms with van der Waals surface area (Å²) in [5.74, 6) is 0.881. The van der Waals surface area contributed by atoms with Crippen LogP contribution in [0.4, 0.5) is 0 Å². The fourth-order valence-corrected chi connectivity index (χ4v) is 3.15. The molecule has 1 aliphatic rings. The van der Waals surface area contributed by atoms with Crippen LogP contribution in [0, 0.1) is 5.92 Å². The lowest BCUT2D eigenvalue weighted by atomic mass is 9.89. The molecule has 2 atom stereocenters. The van der Waals surface area contributed by atoms with Gasteiger partial charge in [0.2, 0.25) is 0 Å². The number of likely N-dealkylation sites (tertiary alicyclic amines) is 1. The second-order valence-corrected chi connectivity index (χ2v) is 5.60. The van der Waals surface area contributed by atoms with E-state index in [1.165, 1.54) is 30.7 Å². The summed E-state index contributed by atoms with van der Waals surface area (Å²) in [6.45, 7) is 5.30. The number of hydrogen-bond donors (Lipinski definition) is 1. The first-order chi connectivity index (χ1) is 7.83. The molecule has 2 N–H and O–H groups in total. The van der Waals surface area contributed by atoms with Crippen LogP contribution in [0.2, 0.25) is 0 Å². The molecule has 0 radical (unpaired) electrons. The van der Waals surface area contributed by atoms with Gasteiger partial charge in [0.1, 0.15) is 0 Å². The number of nitrogens with two attached hydrogens (primary N) is 1. The van der Waals surface area contributed by atoms with Gasteiger partial charge in [0.05, 0.1) is 5.51 Å². The van der Waals surface area contributed by atoms with Gasteiger partial charge in [-0.25, -0.2) is 0 Å². The van der Waals surface area contributed by atoms with Crippen molar-refractivity contribution in [3.05, 3.63) is 16.6 Å². The van der Waals surface area contributed by atoms with Crippen LogP contribution in [0.3, 0.4) is 0 Å². The fraction of sp³-hybridized carbons (Fsp3) is 0.750. The predicted octanol–water partition coefficient (Wildman–Crippen LogP) is 2.09. The van der Waals surface area contributed by atoms with Gasteiger partial charge in [-0.1, -0.05) is 13.3 Å². The summed E-state index contributed by atoms with van der Waals surface area (Å²) in [5, 5.41) is 0. The third-order valence-corrected chi connectivity index (χ3v) is 4.40. The molecule has 2 unspecified atom stereocenters. The molecule has 1 saturated heterocycles. The smallest absolute Gasteiger partial charge is 0.0794 e. The Balaban J connectivity index is 1.93. The van der Waals surface area contributed by atoms with E-state index in [0.29, 0.717) is 6.04 Å². The lowest BCUT2D eigenvalue weighted by molar-refractivity contribution is 0.108. The van der Waals surface area contributed by atoms with Crippen molar-refractivity contribution in [3.8, 4) is 0 Å². The van der Waals surface area contributed by atoms with E-state index >= 15 is 0 Å². The molecule has 0 saturated carbocycles. The number of nitrogens with zero attached hydrogens (tertiary/aromatic N) is 2. The molecule has 0 spiro atoms. The second kappa shape index (κ2) is 5.75. The standard InChI is InChI=1S/C12H21N3S/c1-2-10-3-4-15(11(5-10)6-13)8-12-7-14-9-16-12/h7,9-11H,2-6,8,13H2,1H3. The van der Waals surface area contributed by atoms with Crippen LogP contribution >= 0.6 is 11.3 Å².